The van der Waals surface area contributed by atoms with E-state index in [1.54, 1.807) is 0 Å². The molecule has 3 rings (SSSR count). The van der Waals surface area contributed by atoms with Crippen LogP contribution in [0.3, 0.4) is 0 Å². The number of fused-ring (bicyclic) bond motifs is 1. The number of carbonyl (C=O) groups is 1. The number of ether oxygens (including phenoxy) is 1. The van der Waals surface area contributed by atoms with Gasteiger partial charge in [0.15, 0.2) is 6.61 Å². The van der Waals surface area contributed by atoms with E-state index in [-0.39, 0.29) is 12.5 Å². The molecule has 0 bridgehead atoms. The summed E-state index contributed by atoms with van der Waals surface area (Å²) >= 11 is 0. The van der Waals surface area contributed by atoms with Gasteiger partial charge in [-0.25, -0.2) is 0 Å². The third-order valence-electron chi connectivity index (χ3n) is 4.33. The molecule has 0 radical (unpaired) electrons. The molecule has 0 aliphatic carbocycles. The van der Waals surface area contributed by atoms with Gasteiger partial charge in [-0.2, -0.15) is 0 Å². The fourth-order valence-electron chi connectivity index (χ4n) is 3.06. The van der Waals surface area contributed by atoms with Gasteiger partial charge in [0.05, 0.1) is 0 Å². The number of benzene rings is 2. The topological polar surface area (TPSA) is 29.5 Å². The predicted octanol–water partition coefficient (Wildman–Crippen LogP) is 4.09. The van der Waals surface area contributed by atoms with Crippen LogP contribution < -0.4 is 9.64 Å². The molecule has 3 nitrogen and oxygen atoms in total. The van der Waals surface area contributed by atoms with Crippen molar-refractivity contribution >= 4 is 11.6 Å². The first-order chi connectivity index (χ1) is 11.1. The molecular weight excluding hydrogens is 286 g/mol. The molecule has 0 fully saturated rings. The third-order valence-corrected chi connectivity index (χ3v) is 4.33. The van der Waals surface area contributed by atoms with E-state index in [1.165, 1.54) is 5.56 Å². The van der Waals surface area contributed by atoms with E-state index >= 15 is 0 Å². The second kappa shape index (κ2) is 6.45. The monoisotopic (exact) mass is 309 g/mol. The van der Waals surface area contributed by atoms with Crippen LogP contribution in [0.5, 0.6) is 5.75 Å². The van der Waals surface area contributed by atoms with E-state index in [9.17, 15) is 4.79 Å². The van der Waals surface area contributed by atoms with Gasteiger partial charge in [0.25, 0.3) is 5.91 Å². The fourth-order valence-corrected chi connectivity index (χ4v) is 3.06. The lowest BCUT2D eigenvalue weighted by molar-refractivity contribution is -0.120. The number of rotatable bonds is 4. The van der Waals surface area contributed by atoms with Crippen molar-refractivity contribution in [2.24, 2.45) is 0 Å². The average Bonchev–Trinajstić information content (AvgIpc) is 2.96. The van der Waals surface area contributed by atoms with Crippen molar-refractivity contribution in [2.45, 2.75) is 33.1 Å². The first-order valence-corrected chi connectivity index (χ1v) is 8.18. The zero-order valence-corrected chi connectivity index (χ0v) is 14.0. The van der Waals surface area contributed by atoms with Crippen LogP contribution in [0, 0.1) is 6.92 Å². The SMILES string of the molecule is Cc1ccc(C(C)C)c(OCC(=O)N2CCc3ccccc32)c1. The largest absolute Gasteiger partial charge is 0.483 e. The van der Waals surface area contributed by atoms with Gasteiger partial charge in [-0.1, -0.05) is 44.2 Å². The number of nitrogens with zero attached hydrogens (tertiary/aromatic N) is 1. The zero-order valence-electron chi connectivity index (χ0n) is 14.0. The second-order valence-corrected chi connectivity index (χ2v) is 6.41. The lowest BCUT2D eigenvalue weighted by atomic mass is 10.0. The summed E-state index contributed by atoms with van der Waals surface area (Å²) in [5, 5.41) is 0. The summed E-state index contributed by atoms with van der Waals surface area (Å²) in [7, 11) is 0. The zero-order chi connectivity index (χ0) is 16.4. The van der Waals surface area contributed by atoms with Gasteiger partial charge in [0.2, 0.25) is 0 Å². The van der Waals surface area contributed by atoms with E-state index < -0.39 is 0 Å². The lowest BCUT2D eigenvalue weighted by Crippen LogP contribution is -2.33. The Hall–Kier alpha value is -2.29. The van der Waals surface area contributed by atoms with Crippen LogP contribution in [0.1, 0.15) is 36.5 Å². The van der Waals surface area contributed by atoms with E-state index in [2.05, 4.69) is 32.0 Å². The summed E-state index contributed by atoms with van der Waals surface area (Å²) in [5.41, 5.74) is 4.54. The van der Waals surface area contributed by atoms with E-state index in [1.807, 2.05) is 36.1 Å². The molecule has 1 aliphatic rings. The molecule has 0 saturated heterocycles. The molecule has 3 heteroatoms. The number of amides is 1. The Morgan fingerprint density at radius 3 is 2.78 bits per heavy atom. The molecular formula is C20H23NO2. The Balaban J connectivity index is 1.72. The highest BCUT2D eigenvalue weighted by atomic mass is 16.5. The Morgan fingerprint density at radius 1 is 1.22 bits per heavy atom. The van der Waals surface area contributed by atoms with Crippen molar-refractivity contribution in [3.05, 3.63) is 59.2 Å². The lowest BCUT2D eigenvalue weighted by Gasteiger charge is -2.19. The minimum absolute atomic E-state index is 0.0196. The van der Waals surface area contributed by atoms with Crippen LogP contribution in [-0.4, -0.2) is 19.1 Å². The van der Waals surface area contributed by atoms with Crippen LogP contribution >= 0.6 is 0 Å². The number of hydrogen-bond acceptors (Lipinski definition) is 2. The second-order valence-electron chi connectivity index (χ2n) is 6.41. The van der Waals surface area contributed by atoms with E-state index in [4.69, 9.17) is 4.74 Å². The van der Waals surface area contributed by atoms with Gasteiger partial charge in [0, 0.05) is 12.2 Å². The maximum absolute atomic E-state index is 12.5. The Morgan fingerprint density at radius 2 is 2.00 bits per heavy atom. The molecule has 0 aromatic heterocycles. The molecule has 120 valence electrons. The minimum Gasteiger partial charge on any atom is -0.483 e. The van der Waals surface area contributed by atoms with Gasteiger partial charge in [-0.05, 0) is 48.1 Å². The first-order valence-electron chi connectivity index (χ1n) is 8.18. The molecule has 1 heterocycles. The standard InChI is InChI=1S/C20H23NO2/c1-14(2)17-9-8-15(3)12-19(17)23-13-20(22)21-11-10-16-6-4-5-7-18(16)21/h4-9,12,14H,10-11,13H2,1-3H3. The van der Waals surface area contributed by atoms with Crippen LogP contribution in [0.25, 0.3) is 0 Å². The van der Waals surface area contributed by atoms with Crippen molar-refractivity contribution in [3.63, 3.8) is 0 Å². The Bertz CT molecular complexity index is 721. The van der Waals surface area contributed by atoms with Crippen molar-refractivity contribution in [1.29, 1.82) is 0 Å². The number of aryl methyl sites for hydroxylation is 1. The van der Waals surface area contributed by atoms with E-state index in [0.717, 1.165) is 35.5 Å². The molecule has 0 saturated carbocycles. The minimum atomic E-state index is 0.0196. The van der Waals surface area contributed by atoms with Gasteiger partial charge >= 0.3 is 0 Å². The number of carbonyl (C=O) groups excluding carboxylic acids is 1. The fraction of sp³-hybridized carbons (Fsp3) is 0.350. The maximum atomic E-state index is 12.5. The molecule has 2 aromatic rings. The predicted molar refractivity (Wildman–Crippen MR) is 93.3 cm³/mol. The molecule has 23 heavy (non-hydrogen) atoms. The summed E-state index contributed by atoms with van der Waals surface area (Å²) in [5.74, 6) is 1.21. The van der Waals surface area contributed by atoms with Gasteiger partial charge < -0.3 is 9.64 Å². The van der Waals surface area contributed by atoms with E-state index in [0.29, 0.717) is 5.92 Å². The smallest absolute Gasteiger partial charge is 0.264 e. The van der Waals surface area contributed by atoms with Crippen LogP contribution in [0.2, 0.25) is 0 Å². The molecule has 1 amide bonds. The molecule has 0 spiro atoms. The summed E-state index contributed by atoms with van der Waals surface area (Å²) in [6, 6.07) is 14.3. The summed E-state index contributed by atoms with van der Waals surface area (Å²) < 4.78 is 5.88. The van der Waals surface area contributed by atoms with Crippen LogP contribution in [0.4, 0.5) is 5.69 Å². The number of hydrogen-bond donors (Lipinski definition) is 0. The first kappa shape index (κ1) is 15.6. The third kappa shape index (κ3) is 3.24. The molecule has 2 aromatic carbocycles. The van der Waals surface area contributed by atoms with Crippen molar-refractivity contribution in [1.82, 2.24) is 0 Å². The quantitative estimate of drug-likeness (QED) is 0.851. The van der Waals surface area contributed by atoms with Gasteiger partial charge in [-0.3, -0.25) is 4.79 Å². The maximum Gasteiger partial charge on any atom is 0.264 e. The summed E-state index contributed by atoms with van der Waals surface area (Å²) in [6.07, 6.45) is 0.920. The van der Waals surface area contributed by atoms with Crippen molar-refractivity contribution < 1.29 is 9.53 Å². The van der Waals surface area contributed by atoms with Crippen molar-refractivity contribution in [3.8, 4) is 5.75 Å². The van der Waals surface area contributed by atoms with Crippen molar-refractivity contribution in [2.75, 3.05) is 18.1 Å². The molecule has 0 atom stereocenters. The van der Waals surface area contributed by atoms with Gasteiger partial charge in [0.1, 0.15) is 5.75 Å². The number of anilines is 1. The summed E-state index contributed by atoms with van der Waals surface area (Å²) in [4.78, 5) is 14.4. The highest BCUT2D eigenvalue weighted by Crippen LogP contribution is 2.29. The summed E-state index contributed by atoms with van der Waals surface area (Å²) in [6.45, 7) is 7.13. The Kier molecular flexibility index (Phi) is 4.37. The highest BCUT2D eigenvalue weighted by molar-refractivity contribution is 5.96. The number of para-hydroxylation sites is 1. The molecule has 0 N–H and O–H groups in total. The van der Waals surface area contributed by atoms with Crippen LogP contribution in [0.15, 0.2) is 42.5 Å². The highest BCUT2D eigenvalue weighted by Gasteiger charge is 2.24. The average molecular weight is 309 g/mol. The molecule has 0 unspecified atom stereocenters. The Labute approximate surface area is 137 Å². The normalized spacial score (nSPS) is 13.3. The van der Waals surface area contributed by atoms with Crippen LogP contribution in [-0.2, 0) is 11.2 Å². The van der Waals surface area contributed by atoms with Gasteiger partial charge in [-0.15, -0.1) is 0 Å². The molecule has 1 aliphatic heterocycles.